The maximum Gasteiger partial charge on any atom is 0.441 e. The van der Waals surface area contributed by atoms with E-state index in [0.717, 1.165) is 29.1 Å². The van der Waals surface area contributed by atoms with Gasteiger partial charge >= 0.3 is 17.8 Å². The number of unbranched alkanes of at least 4 members (excludes halogenated alkanes) is 1. The zero-order valence-corrected chi connectivity index (χ0v) is 17.2. The molecule has 1 aromatic heterocycles. The molecule has 0 bridgehead atoms. The summed E-state index contributed by atoms with van der Waals surface area (Å²) in [5, 5.41) is 13.4. The molecule has 2 rings (SSSR count). The smallest absolute Gasteiger partial charge is 0.441 e. The summed E-state index contributed by atoms with van der Waals surface area (Å²) in [5.41, 5.74) is -2.67. The van der Waals surface area contributed by atoms with Gasteiger partial charge in [-0.15, -0.1) is 11.3 Å². The van der Waals surface area contributed by atoms with E-state index in [-0.39, 0.29) is 23.6 Å². The van der Waals surface area contributed by atoms with E-state index in [1.807, 2.05) is 11.4 Å². The van der Waals surface area contributed by atoms with Crippen molar-refractivity contribution in [3.05, 3.63) is 16.0 Å². The second-order valence-electron chi connectivity index (χ2n) is 6.77. The van der Waals surface area contributed by atoms with E-state index in [1.54, 1.807) is 6.92 Å². The molecule has 2 N–H and O–H groups in total. The number of esters is 1. The summed E-state index contributed by atoms with van der Waals surface area (Å²) in [5.74, 6) is -2.59. The molecular weight excluding hydrogens is 407 g/mol. The maximum absolute atomic E-state index is 14.2. The van der Waals surface area contributed by atoms with Crippen molar-refractivity contribution >= 4 is 28.2 Å². The lowest BCUT2D eigenvalue weighted by atomic mass is 9.96. The average molecular weight is 431 g/mol. The van der Waals surface area contributed by atoms with Gasteiger partial charge < -0.3 is 15.4 Å². The van der Waals surface area contributed by atoms with Gasteiger partial charge in [0.25, 0.3) is 0 Å². The number of nitriles is 1. The van der Waals surface area contributed by atoms with E-state index in [4.69, 9.17) is 0 Å². The Hall–Kier alpha value is -2.28. The van der Waals surface area contributed by atoms with Crippen LogP contribution < -0.4 is 10.6 Å². The van der Waals surface area contributed by atoms with E-state index in [0.29, 0.717) is 31.2 Å². The second kappa shape index (κ2) is 9.48. The Bertz CT molecular complexity index is 801. The fourth-order valence-corrected chi connectivity index (χ4v) is 4.48. The standard InChI is InChI=1S/C19H24F3N3O3S/c1-3-5-10-15(26)24-18(19(20,21)22,17(27)28-4-2)25-16-13(11-23)12-8-6-7-9-14(12)29-16/h25H,3-10H2,1-2H3,(H,24,26)/t18-/m0/s1. The highest BCUT2D eigenvalue weighted by Crippen LogP contribution is 2.41. The molecule has 160 valence electrons. The van der Waals surface area contributed by atoms with Crippen LogP contribution in [0.4, 0.5) is 18.2 Å². The highest BCUT2D eigenvalue weighted by atomic mass is 32.1. The number of aryl methyl sites for hydroxylation is 1. The van der Waals surface area contributed by atoms with Crippen molar-refractivity contribution in [3.63, 3.8) is 0 Å². The highest BCUT2D eigenvalue weighted by molar-refractivity contribution is 7.16. The van der Waals surface area contributed by atoms with Gasteiger partial charge in [-0.2, -0.15) is 18.4 Å². The predicted octanol–water partition coefficient (Wildman–Crippen LogP) is 4.04. The number of amides is 1. The molecule has 0 saturated carbocycles. The summed E-state index contributed by atoms with van der Waals surface area (Å²) in [4.78, 5) is 25.5. The first-order chi connectivity index (χ1) is 13.7. The van der Waals surface area contributed by atoms with Gasteiger partial charge in [0.05, 0.1) is 12.2 Å². The van der Waals surface area contributed by atoms with Gasteiger partial charge in [-0.05, 0) is 44.6 Å². The number of fused-ring (bicyclic) bond motifs is 1. The number of thiophene rings is 1. The molecule has 0 fully saturated rings. The van der Waals surface area contributed by atoms with E-state index in [2.05, 4.69) is 10.1 Å². The average Bonchev–Trinajstić information content (AvgIpc) is 3.01. The summed E-state index contributed by atoms with van der Waals surface area (Å²) >= 11 is 1.02. The Morgan fingerprint density at radius 3 is 2.52 bits per heavy atom. The Labute approximate surface area is 171 Å². The fraction of sp³-hybridized carbons (Fsp3) is 0.632. The molecule has 1 heterocycles. The lowest BCUT2D eigenvalue weighted by molar-refractivity contribution is -0.207. The quantitative estimate of drug-likeness (QED) is 0.479. The molecule has 1 aromatic rings. The van der Waals surface area contributed by atoms with Crippen LogP contribution in [0.25, 0.3) is 0 Å². The van der Waals surface area contributed by atoms with Crippen LogP contribution in [0, 0.1) is 11.3 Å². The monoisotopic (exact) mass is 431 g/mol. The number of nitrogens with one attached hydrogen (secondary N) is 2. The van der Waals surface area contributed by atoms with Crippen molar-refractivity contribution in [2.24, 2.45) is 0 Å². The number of hydrogen-bond donors (Lipinski definition) is 2. The third kappa shape index (κ3) is 4.83. The van der Waals surface area contributed by atoms with Crippen molar-refractivity contribution in [1.82, 2.24) is 5.32 Å². The Balaban J connectivity index is 2.52. The Morgan fingerprint density at radius 1 is 1.24 bits per heavy atom. The number of hydrogen-bond acceptors (Lipinski definition) is 6. The zero-order valence-electron chi connectivity index (χ0n) is 16.4. The first kappa shape index (κ1) is 23.0. The number of anilines is 1. The Kier molecular flexibility index (Phi) is 7.52. The second-order valence-corrected chi connectivity index (χ2v) is 7.88. The minimum atomic E-state index is -5.20. The predicted molar refractivity (Wildman–Crippen MR) is 102 cm³/mol. The molecule has 1 amide bonds. The number of ether oxygens (including phenoxy) is 1. The molecule has 0 saturated heterocycles. The van der Waals surface area contributed by atoms with Gasteiger partial charge in [-0.3, -0.25) is 4.79 Å². The van der Waals surface area contributed by atoms with Gasteiger partial charge in [-0.1, -0.05) is 13.3 Å². The highest BCUT2D eigenvalue weighted by Gasteiger charge is 2.64. The lowest BCUT2D eigenvalue weighted by Gasteiger charge is -2.35. The zero-order chi connectivity index (χ0) is 21.7. The molecule has 0 radical (unpaired) electrons. The van der Waals surface area contributed by atoms with E-state index in [1.165, 1.54) is 6.92 Å². The molecule has 0 aromatic carbocycles. The first-order valence-electron chi connectivity index (χ1n) is 9.57. The normalized spacial score (nSPS) is 15.6. The number of rotatable bonds is 8. The van der Waals surface area contributed by atoms with E-state index >= 15 is 0 Å². The van der Waals surface area contributed by atoms with Crippen LogP contribution in [0.3, 0.4) is 0 Å². The topological polar surface area (TPSA) is 91.2 Å². The summed E-state index contributed by atoms with van der Waals surface area (Å²) in [6, 6.07) is 1.95. The van der Waals surface area contributed by atoms with Crippen molar-refractivity contribution < 1.29 is 27.5 Å². The molecular formula is C19H24F3N3O3S. The number of halogens is 3. The lowest BCUT2D eigenvalue weighted by Crippen LogP contribution is -2.69. The van der Waals surface area contributed by atoms with Crippen LogP contribution in [0.15, 0.2) is 0 Å². The summed E-state index contributed by atoms with van der Waals surface area (Å²) in [6.07, 6.45) is -1.40. The van der Waals surface area contributed by atoms with Crippen LogP contribution in [0.2, 0.25) is 0 Å². The SMILES string of the molecule is CCCCC(=O)N[C@](Nc1sc2c(c1C#N)CCCC2)(C(=O)OCC)C(F)(F)F. The van der Waals surface area contributed by atoms with Gasteiger partial charge in [0, 0.05) is 11.3 Å². The molecule has 1 aliphatic rings. The minimum Gasteiger partial charge on any atom is -0.463 e. The summed E-state index contributed by atoms with van der Waals surface area (Å²) in [7, 11) is 0. The van der Waals surface area contributed by atoms with Crippen LogP contribution in [-0.2, 0) is 27.2 Å². The number of carbonyl (C=O) groups excluding carboxylic acids is 2. The van der Waals surface area contributed by atoms with Gasteiger partial charge in [0.15, 0.2) is 0 Å². The largest absolute Gasteiger partial charge is 0.463 e. The number of alkyl halides is 3. The molecule has 1 aliphatic carbocycles. The first-order valence-corrected chi connectivity index (χ1v) is 10.4. The van der Waals surface area contributed by atoms with Gasteiger partial charge in [-0.25, -0.2) is 4.79 Å². The van der Waals surface area contributed by atoms with Crippen molar-refractivity contribution in [2.45, 2.75) is 70.6 Å². The fourth-order valence-electron chi connectivity index (χ4n) is 3.18. The van der Waals surface area contributed by atoms with Crippen LogP contribution >= 0.6 is 11.3 Å². The number of nitrogens with zero attached hydrogens (tertiary/aromatic N) is 1. The Morgan fingerprint density at radius 2 is 1.93 bits per heavy atom. The van der Waals surface area contributed by atoms with Gasteiger partial charge in [0.1, 0.15) is 11.1 Å². The number of carbonyl (C=O) groups is 2. The summed E-state index contributed by atoms with van der Waals surface area (Å²) < 4.78 is 47.2. The van der Waals surface area contributed by atoms with Crippen molar-refractivity contribution in [3.8, 4) is 6.07 Å². The molecule has 0 spiro atoms. The van der Waals surface area contributed by atoms with Crippen LogP contribution in [-0.4, -0.2) is 30.3 Å². The van der Waals surface area contributed by atoms with E-state index in [9.17, 15) is 28.0 Å². The molecule has 6 nitrogen and oxygen atoms in total. The molecule has 0 aliphatic heterocycles. The molecule has 10 heteroatoms. The third-order valence-corrected chi connectivity index (χ3v) is 5.88. The van der Waals surface area contributed by atoms with Gasteiger partial charge in [0.2, 0.25) is 5.91 Å². The molecule has 0 unspecified atom stereocenters. The van der Waals surface area contributed by atoms with Crippen LogP contribution in [0.1, 0.15) is 62.0 Å². The summed E-state index contributed by atoms with van der Waals surface area (Å²) in [6.45, 7) is 2.88. The van der Waals surface area contributed by atoms with Crippen molar-refractivity contribution in [2.75, 3.05) is 11.9 Å². The van der Waals surface area contributed by atoms with E-state index < -0.39 is 23.7 Å². The van der Waals surface area contributed by atoms with Crippen molar-refractivity contribution in [1.29, 1.82) is 5.26 Å². The molecule has 29 heavy (non-hydrogen) atoms. The third-order valence-electron chi connectivity index (χ3n) is 4.68. The van der Waals surface area contributed by atoms with Crippen LogP contribution in [0.5, 0.6) is 0 Å². The molecule has 1 atom stereocenters. The maximum atomic E-state index is 14.2. The minimum absolute atomic E-state index is 0.0828.